The van der Waals surface area contributed by atoms with Gasteiger partial charge in [0, 0.05) is 135 Å². The molecule has 0 bridgehead atoms. The molecule has 0 saturated carbocycles. The van der Waals surface area contributed by atoms with Gasteiger partial charge in [0.15, 0.2) is 0 Å². The summed E-state index contributed by atoms with van der Waals surface area (Å²) in [5.74, 6) is -9.09. The van der Waals surface area contributed by atoms with Gasteiger partial charge in [0.1, 0.15) is 18.1 Å². The third-order valence-corrected chi connectivity index (χ3v) is 18.5. The van der Waals surface area contributed by atoms with Gasteiger partial charge in [-0.1, -0.05) is 0 Å². The zero-order chi connectivity index (χ0) is 77.2. The van der Waals surface area contributed by atoms with Gasteiger partial charge in [0.25, 0.3) is 11.8 Å². The van der Waals surface area contributed by atoms with Crippen LogP contribution in [0.1, 0.15) is 105 Å². The fourth-order valence-corrected chi connectivity index (χ4v) is 12.6. The summed E-state index contributed by atoms with van der Waals surface area (Å²) in [6, 6.07) is 9.27. The molecule has 106 heavy (non-hydrogen) atoms. The molecule has 38 nitrogen and oxygen atoms in total. The van der Waals surface area contributed by atoms with Crippen LogP contribution in [-0.4, -0.2) is 346 Å². The van der Waals surface area contributed by atoms with E-state index < -0.39 is 104 Å². The van der Waals surface area contributed by atoms with Crippen molar-refractivity contribution in [3.05, 3.63) is 59.7 Å². The van der Waals surface area contributed by atoms with Crippen LogP contribution in [0.15, 0.2) is 48.5 Å². The van der Waals surface area contributed by atoms with Crippen LogP contribution in [-0.2, 0) is 52.7 Å². The highest BCUT2D eigenvalue weighted by atomic mass is 16.4. The van der Waals surface area contributed by atoms with Crippen LogP contribution in [0.3, 0.4) is 0 Å². The molecule has 0 spiro atoms. The molecule has 2 aromatic carbocycles. The molecule has 4 fully saturated rings. The number of anilines is 2. The van der Waals surface area contributed by atoms with Gasteiger partial charge in [-0.05, 0) is 120 Å². The minimum atomic E-state index is -1.70. The Morgan fingerprint density at radius 2 is 0.736 bits per heavy atom. The highest BCUT2D eigenvalue weighted by Crippen LogP contribution is 2.21. The Balaban J connectivity index is 0.910. The van der Waals surface area contributed by atoms with Crippen molar-refractivity contribution < 1.29 is 97.7 Å². The van der Waals surface area contributed by atoms with E-state index in [1.165, 1.54) is 60.0 Å². The predicted molar refractivity (Wildman–Crippen MR) is 385 cm³/mol. The molecule has 0 aliphatic carbocycles. The number of piperazine rings is 1. The predicted octanol–water partition coefficient (Wildman–Crippen LogP) is -5.83. The molecule has 4 aliphatic rings. The first-order valence-electron chi connectivity index (χ1n) is 36.0. The van der Waals surface area contributed by atoms with Crippen LogP contribution >= 0.6 is 0 Å². The second-order valence-corrected chi connectivity index (χ2v) is 26.9. The number of likely N-dealkylation sites (tertiary alicyclic amines) is 2. The monoisotopic (exact) mass is 1490 g/mol. The van der Waals surface area contributed by atoms with E-state index in [4.69, 9.17) is 0 Å². The van der Waals surface area contributed by atoms with Crippen LogP contribution in [0.4, 0.5) is 11.4 Å². The molecule has 2 aromatic rings. The van der Waals surface area contributed by atoms with E-state index >= 15 is 0 Å². The van der Waals surface area contributed by atoms with Crippen LogP contribution in [0.2, 0.25) is 0 Å². The Morgan fingerprint density at radius 1 is 0.406 bits per heavy atom. The standard InChI is InChI=1S/C66H104B2N18O20/c1-45(65(101)85-25-7-10-52(85)67(103)104)72-62(98)47-14-18-49(19-15-47)75-77-54(87)12-5-23-70-57(90)40-80-29-27-79(28-30-80)39-56(89)69-22-4-3-9-51(74-58(91)41-81-31-33-82(42-59(92)93)35-37-84(44-61(96)97)38-36-83(34-32-81)43-60(94)95)64(100)71-24-6-13-55(88)78-76-50-20-16-48(17-21-50)63(99)73-46(2)66(102)86-26-8-11-53(86)68(105)106/h14-21,45-46,51-53,75-76,103-106H,3-13,22-44H2,1-2H3,(H,69,89)(H,70,90)(H,71,100)(H,72,98)(H,73,99)(H,74,91)(H,77,87)(H,78,88)(H,92,93)(H,94,95)(H,96,97)/t45-,46-,51?,52+,53+/m1/s1. The maximum Gasteiger partial charge on any atom is 0.475 e. The fourth-order valence-electron chi connectivity index (χ4n) is 12.6. The number of carboxylic acids is 3. The minimum absolute atomic E-state index is 0.0264. The fraction of sp³-hybridized carbons (Fsp3) is 0.621. The van der Waals surface area contributed by atoms with Gasteiger partial charge in [0.05, 0.1) is 62.5 Å². The molecule has 40 heteroatoms. The number of hydrogen-bond donors (Lipinski definition) is 17. The van der Waals surface area contributed by atoms with Crippen LogP contribution in [0, 0.1) is 0 Å². The Morgan fingerprint density at radius 3 is 1.08 bits per heavy atom. The number of rotatable bonds is 39. The van der Waals surface area contributed by atoms with E-state index in [0.29, 0.717) is 95.6 Å². The third kappa shape index (κ3) is 30.8. The average Bonchev–Trinajstić information content (AvgIpc) is 1.65. The molecule has 4 heterocycles. The van der Waals surface area contributed by atoms with E-state index in [1.807, 2.05) is 9.80 Å². The summed E-state index contributed by atoms with van der Waals surface area (Å²) in [5, 5.41) is 84.1. The number of aliphatic carboxylic acids is 3. The Bertz CT molecular complexity index is 3240. The number of benzene rings is 2. The Kier molecular flexibility index (Phi) is 36.2. The molecule has 0 radical (unpaired) electrons. The van der Waals surface area contributed by atoms with Gasteiger partial charge in [0.2, 0.25) is 47.3 Å². The molecule has 6 rings (SSSR count). The summed E-state index contributed by atoms with van der Waals surface area (Å²) < 4.78 is 0. The first kappa shape index (κ1) is 85.8. The van der Waals surface area contributed by atoms with E-state index in [9.17, 15) is 97.7 Å². The number of carboxylic acid groups (broad SMARTS) is 3. The molecule has 4 aliphatic heterocycles. The summed E-state index contributed by atoms with van der Waals surface area (Å²) in [6.45, 7) is 6.48. The molecule has 1 unspecified atom stereocenters. The maximum atomic E-state index is 14.0. The van der Waals surface area contributed by atoms with Crippen LogP contribution < -0.4 is 53.6 Å². The Labute approximate surface area is 615 Å². The lowest BCUT2D eigenvalue weighted by Gasteiger charge is -2.33. The van der Waals surface area contributed by atoms with Gasteiger partial charge in [-0.3, -0.25) is 113 Å². The van der Waals surface area contributed by atoms with E-state index in [-0.39, 0.29) is 166 Å². The van der Waals surface area contributed by atoms with Gasteiger partial charge in [-0.25, -0.2) is 0 Å². The number of unbranched alkanes of at least 4 members (excludes halogenated alkanes) is 1. The lowest BCUT2D eigenvalue weighted by atomic mass is 9.78. The van der Waals surface area contributed by atoms with Crippen molar-refractivity contribution in [2.75, 3.05) is 161 Å². The summed E-state index contributed by atoms with van der Waals surface area (Å²) in [7, 11) is -3.37. The summed E-state index contributed by atoms with van der Waals surface area (Å²) in [5.41, 5.74) is 12.1. The number of carbonyl (C=O) groups excluding carboxylic acids is 10. The lowest BCUT2D eigenvalue weighted by molar-refractivity contribution is -0.140. The molecule has 0 aromatic heterocycles. The second-order valence-electron chi connectivity index (χ2n) is 26.9. The van der Waals surface area contributed by atoms with Crippen molar-refractivity contribution in [1.82, 2.24) is 82.0 Å². The van der Waals surface area contributed by atoms with Gasteiger partial charge < -0.3 is 77.1 Å². The zero-order valence-electron chi connectivity index (χ0n) is 60.2. The SMILES string of the molecule is C[C@@H](NC(=O)c1ccc(NNC(=O)CCCNC(=O)CN2CCN(CC(=O)NCCCCC(NC(=O)CN3CCN(CC(=O)O)CCN(CC(=O)O)CCN(CC(=O)O)CC3)C(=O)NCCCC(=O)NNc3ccc(C(=O)N[C@H](C)C(=O)N4CCC[C@H]4B(O)O)cc3)CC2)cc1)C(=O)N1CCC[C@H]1B(O)O. The third-order valence-electron chi connectivity index (χ3n) is 18.5. The largest absolute Gasteiger partial charge is 0.480 e. The van der Waals surface area contributed by atoms with E-state index in [1.54, 1.807) is 31.7 Å². The summed E-state index contributed by atoms with van der Waals surface area (Å²) in [4.78, 5) is 180. The van der Waals surface area contributed by atoms with Crippen LogP contribution in [0.5, 0.6) is 0 Å². The first-order chi connectivity index (χ1) is 50.6. The Hall–Kier alpha value is -9.12. The van der Waals surface area contributed by atoms with Crippen molar-refractivity contribution in [3.63, 3.8) is 0 Å². The van der Waals surface area contributed by atoms with Crippen LogP contribution in [0.25, 0.3) is 0 Å². The highest BCUT2D eigenvalue weighted by molar-refractivity contribution is 6.44. The smallest absolute Gasteiger partial charge is 0.475 e. The van der Waals surface area contributed by atoms with Gasteiger partial charge in [-0.2, -0.15) is 0 Å². The normalized spacial score (nSPS) is 18.2. The van der Waals surface area contributed by atoms with E-state index in [0.717, 1.165) is 0 Å². The van der Waals surface area contributed by atoms with Crippen molar-refractivity contribution in [3.8, 4) is 0 Å². The maximum absolute atomic E-state index is 14.0. The average molecular weight is 1490 g/mol. The topological polar surface area (TPSA) is 510 Å². The van der Waals surface area contributed by atoms with Crippen molar-refractivity contribution in [2.45, 2.75) is 114 Å². The molecule has 4 saturated heterocycles. The number of amides is 10. The van der Waals surface area contributed by atoms with Crippen molar-refractivity contribution >= 4 is 103 Å². The minimum Gasteiger partial charge on any atom is -0.480 e. The molecule has 584 valence electrons. The van der Waals surface area contributed by atoms with Gasteiger partial charge >= 0.3 is 32.1 Å². The molecule has 17 N–H and O–H groups in total. The van der Waals surface area contributed by atoms with Crippen molar-refractivity contribution in [1.29, 1.82) is 0 Å². The molecule has 10 amide bonds. The zero-order valence-corrected chi connectivity index (χ0v) is 60.2. The number of hydrazine groups is 2. The van der Waals surface area contributed by atoms with Gasteiger partial charge in [-0.15, -0.1) is 0 Å². The summed E-state index contributed by atoms with van der Waals surface area (Å²) in [6.07, 6.45) is 3.59. The number of nitrogens with zero attached hydrogens (tertiary/aromatic N) is 8. The highest BCUT2D eigenvalue weighted by Gasteiger charge is 2.40. The van der Waals surface area contributed by atoms with Crippen molar-refractivity contribution in [2.24, 2.45) is 0 Å². The van der Waals surface area contributed by atoms with E-state index in [2.05, 4.69) is 53.6 Å². The molecular weight excluding hydrogens is 1390 g/mol. The number of nitrogens with one attached hydrogen (secondary N) is 10. The molecular formula is C66H104B2N18O20. The quantitative estimate of drug-likeness (QED) is 0.0168. The first-order valence-corrected chi connectivity index (χ1v) is 36.0. The lowest BCUT2D eigenvalue weighted by Crippen LogP contribution is -2.52. The second kappa shape index (κ2) is 44.8. The molecule has 5 atom stereocenters. The summed E-state index contributed by atoms with van der Waals surface area (Å²) >= 11 is 0. The number of hydrogen-bond acceptors (Lipinski definition) is 25. The number of carbonyl (C=O) groups is 13.